The highest BCUT2D eigenvalue weighted by Gasteiger charge is 2.26. The number of carbonyl (C=O) groups is 1. The van der Waals surface area contributed by atoms with Gasteiger partial charge in [0, 0.05) is 5.56 Å². The summed E-state index contributed by atoms with van der Waals surface area (Å²) in [5, 5.41) is 8.59. The molecule has 1 aliphatic rings. The number of hydrogen-bond acceptors (Lipinski definition) is 5. The summed E-state index contributed by atoms with van der Waals surface area (Å²) in [4.78, 5) is 17.7. The van der Waals surface area contributed by atoms with Crippen molar-refractivity contribution in [1.82, 2.24) is 14.8 Å². The largest absolute Gasteiger partial charge is 0.496 e. The summed E-state index contributed by atoms with van der Waals surface area (Å²) in [6.45, 7) is 0. The van der Waals surface area contributed by atoms with Crippen LogP contribution in [0.2, 0.25) is 0 Å². The highest BCUT2D eigenvalue weighted by Crippen LogP contribution is 2.34. The quantitative estimate of drug-likeness (QED) is 0.566. The Hall–Kier alpha value is -3.19. The Kier molecular flexibility index (Phi) is 4.09. The van der Waals surface area contributed by atoms with Crippen LogP contribution in [0.3, 0.4) is 0 Å². The predicted octanol–water partition coefficient (Wildman–Crippen LogP) is 4.23. The maximum atomic E-state index is 13.0. The number of amides is 1. The van der Waals surface area contributed by atoms with Gasteiger partial charge in [0.05, 0.1) is 28.6 Å². The minimum Gasteiger partial charge on any atom is -0.496 e. The number of fused-ring (bicyclic) bond motifs is 2. The summed E-state index contributed by atoms with van der Waals surface area (Å²) in [7, 11) is 1.56. The number of para-hydroxylation sites is 2. The number of aryl methyl sites for hydroxylation is 1. The fourth-order valence-electron chi connectivity index (χ4n) is 3.62. The highest BCUT2D eigenvalue weighted by molar-refractivity contribution is 7.20. The minimum atomic E-state index is -0.214. The SMILES string of the molecule is COc1ccccc1C(=O)Nc1c2c(nn1-c1nc3ccccc3s1)CCC2. The lowest BCUT2D eigenvalue weighted by molar-refractivity contribution is 0.102. The smallest absolute Gasteiger partial charge is 0.260 e. The number of benzene rings is 2. The molecule has 0 bridgehead atoms. The van der Waals surface area contributed by atoms with Gasteiger partial charge in [-0.2, -0.15) is 9.78 Å². The van der Waals surface area contributed by atoms with Crippen LogP contribution in [0.4, 0.5) is 5.82 Å². The average Bonchev–Trinajstić information content (AvgIpc) is 3.42. The van der Waals surface area contributed by atoms with Crippen LogP contribution in [0, 0.1) is 0 Å². The first kappa shape index (κ1) is 16.9. The van der Waals surface area contributed by atoms with Gasteiger partial charge in [0.2, 0.25) is 5.13 Å². The predicted molar refractivity (Wildman–Crippen MR) is 110 cm³/mol. The average molecular weight is 390 g/mol. The van der Waals surface area contributed by atoms with Crippen molar-refractivity contribution in [2.75, 3.05) is 12.4 Å². The van der Waals surface area contributed by atoms with E-state index in [-0.39, 0.29) is 5.91 Å². The Morgan fingerprint density at radius 2 is 1.96 bits per heavy atom. The van der Waals surface area contributed by atoms with E-state index in [0.29, 0.717) is 17.1 Å². The van der Waals surface area contributed by atoms with Gasteiger partial charge in [-0.3, -0.25) is 4.79 Å². The zero-order valence-corrected chi connectivity index (χ0v) is 16.1. The molecule has 4 aromatic rings. The molecule has 6 nitrogen and oxygen atoms in total. The van der Waals surface area contributed by atoms with Gasteiger partial charge in [0.15, 0.2) is 0 Å². The molecule has 2 heterocycles. The van der Waals surface area contributed by atoms with E-state index in [2.05, 4.69) is 5.32 Å². The second-order valence-corrected chi connectivity index (χ2v) is 7.67. The minimum absolute atomic E-state index is 0.214. The molecule has 0 atom stereocenters. The number of carbonyl (C=O) groups excluding carboxylic acids is 1. The number of methoxy groups -OCH3 is 1. The molecule has 140 valence electrons. The third-order valence-corrected chi connectivity index (χ3v) is 5.97. The molecule has 0 aliphatic heterocycles. The third-order valence-electron chi connectivity index (χ3n) is 4.95. The zero-order valence-electron chi connectivity index (χ0n) is 15.3. The summed E-state index contributed by atoms with van der Waals surface area (Å²) < 4.78 is 8.21. The summed E-state index contributed by atoms with van der Waals surface area (Å²) in [6.07, 6.45) is 2.88. The van der Waals surface area contributed by atoms with Gasteiger partial charge in [-0.05, 0) is 43.5 Å². The molecule has 0 fully saturated rings. The molecule has 0 radical (unpaired) electrons. The van der Waals surface area contributed by atoms with Crippen LogP contribution in [0.15, 0.2) is 48.5 Å². The van der Waals surface area contributed by atoms with Crippen molar-refractivity contribution in [1.29, 1.82) is 0 Å². The molecule has 28 heavy (non-hydrogen) atoms. The summed E-state index contributed by atoms with van der Waals surface area (Å²) in [5.41, 5.74) is 3.56. The second kappa shape index (κ2) is 6.76. The van der Waals surface area contributed by atoms with Crippen molar-refractivity contribution < 1.29 is 9.53 Å². The number of thiazole rings is 1. The van der Waals surface area contributed by atoms with Crippen LogP contribution in [0.1, 0.15) is 28.0 Å². The summed E-state index contributed by atoms with van der Waals surface area (Å²) >= 11 is 1.57. The number of hydrogen-bond donors (Lipinski definition) is 1. The normalized spacial score (nSPS) is 12.9. The van der Waals surface area contributed by atoms with E-state index >= 15 is 0 Å². The molecular formula is C21H18N4O2S. The van der Waals surface area contributed by atoms with E-state index < -0.39 is 0 Å². The maximum absolute atomic E-state index is 13.0. The van der Waals surface area contributed by atoms with Crippen LogP contribution < -0.4 is 10.1 Å². The molecule has 0 saturated carbocycles. The number of rotatable bonds is 4. The lowest BCUT2D eigenvalue weighted by Gasteiger charge is -2.11. The van der Waals surface area contributed by atoms with Crippen molar-refractivity contribution in [3.63, 3.8) is 0 Å². The number of nitrogens with zero attached hydrogens (tertiary/aromatic N) is 3. The van der Waals surface area contributed by atoms with Crippen LogP contribution in [-0.2, 0) is 12.8 Å². The Balaban J connectivity index is 1.58. The standard InChI is InChI=1S/C21H18N4O2S/c1-27-17-11-4-2-7-14(17)20(26)23-19-13-8-6-10-15(13)24-25(19)21-22-16-9-3-5-12-18(16)28-21/h2-5,7,9,11-12H,6,8,10H2,1H3,(H,23,26). The first-order chi connectivity index (χ1) is 13.7. The topological polar surface area (TPSA) is 69.0 Å². The Morgan fingerprint density at radius 3 is 2.82 bits per heavy atom. The van der Waals surface area contributed by atoms with Gasteiger partial charge < -0.3 is 10.1 Å². The maximum Gasteiger partial charge on any atom is 0.260 e. The third kappa shape index (κ3) is 2.75. The number of nitrogens with one attached hydrogen (secondary N) is 1. The molecule has 1 amide bonds. The van der Waals surface area contributed by atoms with Crippen LogP contribution in [0.5, 0.6) is 5.75 Å². The molecule has 2 aromatic carbocycles. The summed E-state index contributed by atoms with van der Waals surface area (Å²) in [5.74, 6) is 1.04. The zero-order chi connectivity index (χ0) is 19.1. The second-order valence-electron chi connectivity index (χ2n) is 6.66. The first-order valence-electron chi connectivity index (χ1n) is 9.15. The van der Waals surface area contributed by atoms with E-state index in [1.807, 2.05) is 36.4 Å². The van der Waals surface area contributed by atoms with Gasteiger partial charge in [0.25, 0.3) is 5.91 Å². The van der Waals surface area contributed by atoms with Gasteiger partial charge >= 0.3 is 0 Å². The number of anilines is 1. The molecule has 0 unspecified atom stereocenters. The molecule has 0 saturated heterocycles. The molecule has 1 aliphatic carbocycles. The lowest BCUT2D eigenvalue weighted by atomic mass is 10.2. The molecule has 5 rings (SSSR count). The van der Waals surface area contributed by atoms with Crippen LogP contribution in [-0.4, -0.2) is 27.8 Å². The van der Waals surface area contributed by atoms with Gasteiger partial charge in [-0.15, -0.1) is 0 Å². The van der Waals surface area contributed by atoms with E-state index in [0.717, 1.165) is 45.9 Å². The monoisotopic (exact) mass is 390 g/mol. The van der Waals surface area contributed by atoms with Gasteiger partial charge in [0.1, 0.15) is 11.6 Å². The Labute approximate surface area is 165 Å². The fraction of sp³-hybridized carbons (Fsp3) is 0.190. The van der Waals surface area contributed by atoms with Crippen molar-refractivity contribution in [3.8, 4) is 10.9 Å². The van der Waals surface area contributed by atoms with Crippen molar-refractivity contribution in [2.45, 2.75) is 19.3 Å². The lowest BCUT2D eigenvalue weighted by Crippen LogP contribution is -2.17. The van der Waals surface area contributed by atoms with Crippen LogP contribution in [0.25, 0.3) is 15.3 Å². The molecule has 1 N–H and O–H groups in total. The Bertz CT molecular complexity index is 1160. The van der Waals surface area contributed by atoms with Crippen molar-refractivity contribution in [3.05, 3.63) is 65.4 Å². The van der Waals surface area contributed by atoms with Gasteiger partial charge in [-0.25, -0.2) is 4.98 Å². The highest BCUT2D eigenvalue weighted by atomic mass is 32.1. The van der Waals surface area contributed by atoms with Crippen molar-refractivity contribution >= 4 is 33.3 Å². The number of ether oxygens (including phenoxy) is 1. The van der Waals surface area contributed by atoms with Gasteiger partial charge in [-0.1, -0.05) is 35.6 Å². The Morgan fingerprint density at radius 1 is 1.14 bits per heavy atom. The molecule has 7 heteroatoms. The van der Waals surface area contributed by atoms with Crippen molar-refractivity contribution in [2.24, 2.45) is 0 Å². The fourth-order valence-corrected chi connectivity index (χ4v) is 4.54. The summed E-state index contributed by atoms with van der Waals surface area (Å²) in [6, 6.07) is 15.2. The molecule has 0 spiro atoms. The number of aromatic nitrogens is 3. The van der Waals surface area contributed by atoms with E-state index in [4.69, 9.17) is 14.8 Å². The van der Waals surface area contributed by atoms with E-state index in [1.54, 1.807) is 35.3 Å². The van der Waals surface area contributed by atoms with E-state index in [1.165, 1.54) is 0 Å². The molecular weight excluding hydrogens is 372 g/mol. The van der Waals surface area contributed by atoms with Crippen LogP contribution >= 0.6 is 11.3 Å². The molecule has 2 aromatic heterocycles. The first-order valence-corrected chi connectivity index (χ1v) is 9.97. The van der Waals surface area contributed by atoms with E-state index in [9.17, 15) is 4.79 Å².